The lowest BCUT2D eigenvalue weighted by Gasteiger charge is -2.32. The second-order valence-electron chi connectivity index (χ2n) is 11.9. The van der Waals surface area contributed by atoms with Crippen molar-refractivity contribution >= 4 is 28.6 Å². The van der Waals surface area contributed by atoms with Crippen LogP contribution in [0.4, 0.5) is 0 Å². The number of carbonyl (C=O) groups is 3. The summed E-state index contributed by atoms with van der Waals surface area (Å²) in [5.74, 6) is 0.410. The summed E-state index contributed by atoms with van der Waals surface area (Å²) in [6, 6.07) is 27.5. The van der Waals surface area contributed by atoms with Gasteiger partial charge in [-0.25, -0.2) is 4.79 Å². The largest absolute Gasteiger partial charge is 0.497 e. The van der Waals surface area contributed by atoms with Crippen LogP contribution in [0.5, 0.6) is 11.5 Å². The van der Waals surface area contributed by atoms with Gasteiger partial charge in [-0.15, -0.1) is 0 Å². The van der Waals surface area contributed by atoms with Crippen LogP contribution in [0, 0.1) is 0 Å². The molecule has 1 atom stereocenters. The molecule has 0 aliphatic carbocycles. The molecule has 0 saturated carbocycles. The summed E-state index contributed by atoms with van der Waals surface area (Å²) in [6.07, 6.45) is 0.963. The Labute approximate surface area is 265 Å². The minimum Gasteiger partial charge on any atom is -0.497 e. The molecule has 0 spiro atoms. The molecule has 1 N–H and O–H groups in total. The van der Waals surface area contributed by atoms with Gasteiger partial charge < -0.3 is 24.4 Å². The lowest BCUT2D eigenvalue weighted by Crippen LogP contribution is -2.43. The molecule has 0 fully saturated rings. The third kappa shape index (κ3) is 9.57. The van der Waals surface area contributed by atoms with E-state index >= 15 is 0 Å². The van der Waals surface area contributed by atoms with E-state index < -0.39 is 17.6 Å². The summed E-state index contributed by atoms with van der Waals surface area (Å²) in [6.45, 7) is 7.75. The zero-order chi connectivity index (χ0) is 32.4. The second-order valence-corrected chi connectivity index (χ2v) is 11.9. The first-order valence-corrected chi connectivity index (χ1v) is 15.2. The first kappa shape index (κ1) is 33.1. The normalized spacial score (nSPS) is 11.8. The van der Waals surface area contributed by atoms with Gasteiger partial charge in [0.2, 0.25) is 11.8 Å². The lowest BCUT2D eigenvalue weighted by molar-refractivity contribution is -0.157. The number of esters is 1. The minimum absolute atomic E-state index is 0.112. The predicted octanol–water partition coefficient (Wildman–Crippen LogP) is 6.76. The number of amides is 2. The van der Waals surface area contributed by atoms with E-state index in [1.54, 1.807) is 18.1 Å². The standard InChI is InChI=1S/C37H42N2O6/c1-6-10-33(40)39(24-27-13-18-31(43-5)19-14-27)35(36(42)38-23-26-11-8-7-9-12-26)30-16-15-29-22-32(20-17-28(29)21-30)44-25-34(41)45-37(2,3)4/h7-9,11-22,35H,6,10,23-25H2,1-5H3,(H,38,42). The van der Waals surface area contributed by atoms with Crippen LogP contribution in [0.25, 0.3) is 10.8 Å². The fourth-order valence-corrected chi connectivity index (χ4v) is 4.98. The molecule has 0 aliphatic rings. The van der Waals surface area contributed by atoms with Crippen LogP contribution in [-0.4, -0.2) is 42.0 Å². The summed E-state index contributed by atoms with van der Waals surface area (Å²) in [5, 5.41) is 4.80. The Kier molecular flexibility index (Phi) is 11.2. The number of ether oxygens (including phenoxy) is 3. The topological polar surface area (TPSA) is 94.2 Å². The average Bonchev–Trinajstić information content (AvgIpc) is 3.02. The monoisotopic (exact) mass is 610 g/mol. The molecule has 4 aromatic rings. The SMILES string of the molecule is CCCC(=O)N(Cc1ccc(OC)cc1)C(C(=O)NCc1ccccc1)c1ccc2cc(OCC(=O)OC(C)(C)C)ccc2c1. The lowest BCUT2D eigenvalue weighted by atomic mass is 9.98. The molecule has 0 aliphatic heterocycles. The summed E-state index contributed by atoms with van der Waals surface area (Å²) < 4.78 is 16.3. The number of benzene rings is 4. The third-order valence-electron chi connectivity index (χ3n) is 7.09. The Morgan fingerprint density at radius 1 is 0.822 bits per heavy atom. The van der Waals surface area contributed by atoms with E-state index in [0.717, 1.165) is 21.9 Å². The fourth-order valence-electron chi connectivity index (χ4n) is 4.98. The molecule has 1 unspecified atom stereocenters. The van der Waals surface area contributed by atoms with Crippen molar-refractivity contribution in [3.63, 3.8) is 0 Å². The maximum atomic E-state index is 14.0. The van der Waals surface area contributed by atoms with Crippen molar-refractivity contribution in [2.24, 2.45) is 0 Å². The fraction of sp³-hybridized carbons (Fsp3) is 0.324. The van der Waals surface area contributed by atoms with Crippen molar-refractivity contribution in [1.29, 1.82) is 0 Å². The van der Waals surface area contributed by atoms with Crippen molar-refractivity contribution in [3.8, 4) is 11.5 Å². The summed E-state index contributed by atoms with van der Waals surface area (Å²) >= 11 is 0. The number of methoxy groups -OCH3 is 1. The molecular weight excluding hydrogens is 568 g/mol. The van der Waals surface area contributed by atoms with Crippen LogP contribution in [0.1, 0.15) is 63.3 Å². The quantitative estimate of drug-likeness (QED) is 0.168. The summed E-state index contributed by atoms with van der Waals surface area (Å²) in [7, 11) is 1.61. The summed E-state index contributed by atoms with van der Waals surface area (Å²) in [5.41, 5.74) is 1.94. The van der Waals surface area contributed by atoms with Gasteiger partial charge >= 0.3 is 5.97 Å². The number of rotatable bonds is 13. The highest BCUT2D eigenvalue weighted by Gasteiger charge is 2.31. The van der Waals surface area contributed by atoms with Crippen LogP contribution in [-0.2, 0) is 32.2 Å². The van der Waals surface area contributed by atoms with Gasteiger partial charge in [-0.3, -0.25) is 9.59 Å². The number of fused-ring (bicyclic) bond motifs is 1. The van der Waals surface area contributed by atoms with E-state index in [4.69, 9.17) is 14.2 Å². The van der Waals surface area contributed by atoms with E-state index in [1.807, 2.05) is 113 Å². The molecule has 8 nitrogen and oxygen atoms in total. The molecule has 0 radical (unpaired) electrons. The molecular formula is C37H42N2O6. The summed E-state index contributed by atoms with van der Waals surface area (Å²) in [4.78, 5) is 41.4. The third-order valence-corrected chi connectivity index (χ3v) is 7.09. The Morgan fingerprint density at radius 3 is 2.16 bits per heavy atom. The van der Waals surface area contributed by atoms with Gasteiger partial charge in [0.25, 0.3) is 0 Å². The Morgan fingerprint density at radius 2 is 1.49 bits per heavy atom. The van der Waals surface area contributed by atoms with Gasteiger partial charge in [0.05, 0.1) is 7.11 Å². The van der Waals surface area contributed by atoms with Crippen LogP contribution in [0.3, 0.4) is 0 Å². The van der Waals surface area contributed by atoms with Gasteiger partial charge in [0.1, 0.15) is 23.1 Å². The maximum absolute atomic E-state index is 14.0. The number of hydrogen-bond acceptors (Lipinski definition) is 6. The van der Waals surface area contributed by atoms with Crippen molar-refractivity contribution in [2.45, 2.75) is 65.3 Å². The van der Waals surface area contributed by atoms with E-state index in [-0.39, 0.29) is 25.0 Å². The van der Waals surface area contributed by atoms with Crippen LogP contribution >= 0.6 is 0 Å². The molecule has 0 heterocycles. The molecule has 0 aromatic heterocycles. The minimum atomic E-state index is -0.873. The van der Waals surface area contributed by atoms with Crippen molar-refractivity contribution < 1.29 is 28.6 Å². The molecule has 45 heavy (non-hydrogen) atoms. The van der Waals surface area contributed by atoms with Crippen LogP contribution in [0.2, 0.25) is 0 Å². The molecule has 0 saturated heterocycles. The Bertz CT molecular complexity index is 1600. The van der Waals surface area contributed by atoms with Crippen molar-refractivity contribution in [1.82, 2.24) is 10.2 Å². The van der Waals surface area contributed by atoms with Gasteiger partial charge in [0, 0.05) is 19.5 Å². The number of hydrogen-bond donors (Lipinski definition) is 1. The highest BCUT2D eigenvalue weighted by atomic mass is 16.6. The van der Waals surface area contributed by atoms with Gasteiger partial charge in [0.15, 0.2) is 6.61 Å². The van der Waals surface area contributed by atoms with Crippen molar-refractivity contribution in [3.05, 3.63) is 108 Å². The molecule has 4 aromatic carbocycles. The van der Waals surface area contributed by atoms with E-state index in [9.17, 15) is 14.4 Å². The zero-order valence-corrected chi connectivity index (χ0v) is 26.7. The zero-order valence-electron chi connectivity index (χ0n) is 26.7. The van der Waals surface area contributed by atoms with Gasteiger partial charge in [-0.2, -0.15) is 0 Å². The van der Waals surface area contributed by atoms with E-state index in [1.165, 1.54) is 0 Å². The van der Waals surface area contributed by atoms with Crippen LogP contribution in [0.15, 0.2) is 91.0 Å². The highest BCUT2D eigenvalue weighted by molar-refractivity contribution is 5.91. The Balaban J connectivity index is 1.66. The first-order valence-electron chi connectivity index (χ1n) is 15.2. The smallest absolute Gasteiger partial charge is 0.344 e. The van der Waals surface area contributed by atoms with Crippen molar-refractivity contribution in [2.75, 3.05) is 13.7 Å². The Hall–Kier alpha value is -4.85. The first-order chi connectivity index (χ1) is 21.6. The molecule has 2 amide bonds. The van der Waals surface area contributed by atoms with E-state index in [2.05, 4.69) is 5.32 Å². The van der Waals surface area contributed by atoms with E-state index in [0.29, 0.717) is 36.4 Å². The molecule has 236 valence electrons. The number of nitrogens with one attached hydrogen (secondary N) is 1. The predicted molar refractivity (Wildman–Crippen MR) is 175 cm³/mol. The molecule has 4 rings (SSSR count). The highest BCUT2D eigenvalue weighted by Crippen LogP contribution is 2.30. The van der Waals surface area contributed by atoms with Crippen LogP contribution < -0.4 is 14.8 Å². The van der Waals surface area contributed by atoms with Gasteiger partial charge in [-0.05, 0) is 85.0 Å². The molecule has 8 heteroatoms. The average molecular weight is 611 g/mol. The van der Waals surface area contributed by atoms with Gasteiger partial charge in [-0.1, -0.05) is 67.6 Å². The maximum Gasteiger partial charge on any atom is 0.344 e. The second kappa shape index (κ2) is 15.2. The molecule has 0 bridgehead atoms. The number of carbonyl (C=O) groups excluding carboxylic acids is 3. The number of nitrogens with zero attached hydrogens (tertiary/aromatic N) is 1.